The molecular weight excluding hydrogens is 524 g/mol. The minimum Gasteiger partial charge on any atom is -0.469 e. The second-order valence-electron chi connectivity index (χ2n) is 12.7. The summed E-state index contributed by atoms with van der Waals surface area (Å²) in [6.45, 7) is 10.3. The fourth-order valence-corrected chi connectivity index (χ4v) is 11.1. The van der Waals surface area contributed by atoms with E-state index in [1.165, 1.54) is 14.0 Å². The van der Waals surface area contributed by atoms with Crippen molar-refractivity contribution in [3.8, 4) is 0 Å². The summed E-state index contributed by atoms with van der Waals surface area (Å²) >= 11 is 3.94. The quantitative estimate of drug-likeness (QED) is 0.344. The highest BCUT2D eigenvalue weighted by molar-refractivity contribution is 9.10. The molecule has 0 spiro atoms. The van der Waals surface area contributed by atoms with E-state index < -0.39 is 5.41 Å². The van der Waals surface area contributed by atoms with Gasteiger partial charge in [0.2, 0.25) is 0 Å². The highest BCUT2D eigenvalue weighted by Crippen LogP contribution is 2.70. The average molecular weight is 570 g/mol. The predicted molar refractivity (Wildman–Crippen MR) is 140 cm³/mol. The molecule has 6 nitrogen and oxygen atoms in total. The van der Waals surface area contributed by atoms with E-state index in [2.05, 4.69) is 43.6 Å². The van der Waals surface area contributed by atoms with E-state index in [1.807, 2.05) is 0 Å². The molecule has 0 amide bonds. The van der Waals surface area contributed by atoms with Crippen LogP contribution in [0.2, 0.25) is 0 Å². The van der Waals surface area contributed by atoms with Crippen molar-refractivity contribution in [3.05, 3.63) is 0 Å². The molecule has 4 aliphatic carbocycles. The number of esters is 2. The number of fused-ring (bicyclic) bond motifs is 5. The van der Waals surface area contributed by atoms with Crippen LogP contribution < -0.4 is 0 Å². The summed E-state index contributed by atoms with van der Waals surface area (Å²) in [6, 6.07) is 0. The van der Waals surface area contributed by atoms with Crippen LogP contribution in [0.25, 0.3) is 0 Å². The second-order valence-corrected chi connectivity index (χ2v) is 13.7. The SMILES string of the molecule is CC[C@H]1[C@@H](OC(C)=O)C2C3CC[C@H]([C@H](C)CCC(=O)OC)[C@@]3(C)C(=O)[C@@H](Br)C2[C@@]2(C)CC[C@@H](O)C[C@@H]12. The van der Waals surface area contributed by atoms with E-state index in [0.29, 0.717) is 19.3 Å². The Morgan fingerprint density at radius 1 is 1.19 bits per heavy atom. The molecule has 204 valence electrons. The molecule has 0 saturated heterocycles. The third-order valence-corrected chi connectivity index (χ3v) is 12.3. The third-order valence-electron chi connectivity index (χ3n) is 11.3. The van der Waals surface area contributed by atoms with Gasteiger partial charge in [0.15, 0.2) is 5.78 Å². The number of methoxy groups -OCH3 is 1. The maximum atomic E-state index is 14.4. The van der Waals surface area contributed by atoms with Gasteiger partial charge in [-0.25, -0.2) is 0 Å². The van der Waals surface area contributed by atoms with Crippen molar-refractivity contribution in [3.63, 3.8) is 0 Å². The Bertz CT molecular complexity index is 876. The highest BCUT2D eigenvalue weighted by atomic mass is 79.9. The van der Waals surface area contributed by atoms with E-state index in [-0.39, 0.29) is 81.6 Å². The number of hydrogen-bond acceptors (Lipinski definition) is 6. The van der Waals surface area contributed by atoms with Gasteiger partial charge in [-0.1, -0.05) is 43.6 Å². The van der Waals surface area contributed by atoms with E-state index in [0.717, 1.165) is 32.1 Å². The number of aliphatic hydroxyl groups excluding tert-OH is 1. The summed E-state index contributed by atoms with van der Waals surface area (Å²) in [4.78, 5) is 38.3. The zero-order chi connectivity index (χ0) is 26.6. The van der Waals surface area contributed by atoms with Crippen molar-refractivity contribution >= 4 is 33.7 Å². The molecule has 0 bridgehead atoms. The molecule has 1 N–H and O–H groups in total. The van der Waals surface area contributed by atoms with Crippen LogP contribution in [0.4, 0.5) is 0 Å². The number of hydrogen-bond donors (Lipinski definition) is 1. The molecule has 4 aliphatic rings. The summed E-state index contributed by atoms with van der Waals surface area (Å²) in [5, 5.41) is 10.6. The summed E-state index contributed by atoms with van der Waals surface area (Å²) < 4.78 is 11.1. The molecule has 3 unspecified atom stereocenters. The number of carbonyl (C=O) groups is 3. The van der Waals surface area contributed by atoms with E-state index in [1.54, 1.807) is 0 Å². The first-order chi connectivity index (χ1) is 16.9. The van der Waals surface area contributed by atoms with Crippen LogP contribution in [0.15, 0.2) is 0 Å². The minimum atomic E-state index is -0.529. The summed E-state index contributed by atoms with van der Waals surface area (Å²) in [5.74, 6) is 0.887. The average Bonchev–Trinajstić information content (AvgIpc) is 3.19. The van der Waals surface area contributed by atoms with E-state index in [4.69, 9.17) is 9.47 Å². The summed E-state index contributed by atoms with van der Waals surface area (Å²) in [6.07, 6.45) is 5.61. The maximum absolute atomic E-state index is 14.4. The number of carbonyl (C=O) groups excluding carboxylic acids is 3. The van der Waals surface area contributed by atoms with Gasteiger partial charge in [0, 0.05) is 24.7 Å². The molecule has 4 rings (SSSR count). The van der Waals surface area contributed by atoms with Crippen molar-refractivity contribution in [2.45, 2.75) is 103 Å². The molecule has 0 heterocycles. The van der Waals surface area contributed by atoms with E-state index >= 15 is 0 Å². The molecule has 0 aromatic carbocycles. The molecule has 0 aromatic rings. The van der Waals surface area contributed by atoms with Gasteiger partial charge in [-0.05, 0) is 85.9 Å². The van der Waals surface area contributed by atoms with Gasteiger partial charge >= 0.3 is 11.9 Å². The predicted octanol–water partition coefficient (Wildman–Crippen LogP) is 5.33. The lowest BCUT2D eigenvalue weighted by molar-refractivity contribution is -0.212. The van der Waals surface area contributed by atoms with Crippen molar-refractivity contribution in [2.24, 2.45) is 52.3 Å². The molecular formula is C29H45BrO6. The van der Waals surface area contributed by atoms with Gasteiger partial charge < -0.3 is 14.6 Å². The molecule has 0 radical (unpaired) electrons. The number of ketones is 1. The topological polar surface area (TPSA) is 89.9 Å². The molecule has 12 atom stereocenters. The number of aliphatic hydroxyl groups is 1. The maximum Gasteiger partial charge on any atom is 0.305 e. The Balaban J connectivity index is 1.76. The third kappa shape index (κ3) is 4.28. The van der Waals surface area contributed by atoms with Crippen LogP contribution in [0.3, 0.4) is 0 Å². The van der Waals surface area contributed by atoms with Gasteiger partial charge in [0.05, 0.1) is 18.0 Å². The fourth-order valence-electron chi connectivity index (χ4n) is 9.64. The molecule has 0 aromatic heterocycles. The van der Waals surface area contributed by atoms with Gasteiger partial charge in [0.25, 0.3) is 0 Å². The lowest BCUT2D eigenvalue weighted by Crippen LogP contribution is -2.68. The Labute approximate surface area is 224 Å². The Kier molecular flexibility index (Phi) is 8.04. The summed E-state index contributed by atoms with van der Waals surface area (Å²) in [5.41, 5.74) is -0.625. The van der Waals surface area contributed by atoms with Gasteiger partial charge in [-0.2, -0.15) is 0 Å². The molecule has 4 saturated carbocycles. The lowest BCUT2D eigenvalue weighted by atomic mass is 9.41. The number of halogens is 1. The van der Waals surface area contributed by atoms with Crippen LogP contribution in [0, 0.1) is 52.3 Å². The van der Waals surface area contributed by atoms with Gasteiger partial charge in [0.1, 0.15) is 6.10 Å². The van der Waals surface area contributed by atoms with Crippen molar-refractivity contribution in [1.29, 1.82) is 0 Å². The molecule has 7 heteroatoms. The molecule has 36 heavy (non-hydrogen) atoms. The van der Waals surface area contributed by atoms with Crippen molar-refractivity contribution < 1.29 is 29.0 Å². The van der Waals surface area contributed by atoms with Crippen molar-refractivity contribution in [2.75, 3.05) is 7.11 Å². The lowest BCUT2D eigenvalue weighted by Gasteiger charge is -2.65. The Hall–Kier alpha value is -0.950. The van der Waals surface area contributed by atoms with Gasteiger partial charge in [-0.3, -0.25) is 14.4 Å². The monoisotopic (exact) mass is 568 g/mol. The first-order valence-corrected chi connectivity index (χ1v) is 14.9. The number of Topliss-reactive ketones (excluding diaryl/α,β-unsaturated/α-hetero) is 1. The number of alkyl halides is 1. The smallest absolute Gasteiger partial charge is 0.305 e. The number of ether oxygens (including phenoxy) is 2. The first-order valence-electron chi connectivity index (χ1n) is 14.0. The first kappa shape index (κ1) is 28.1. The largest absolute Gasteiger partial charge is 0.469 e. The zero-order valence-electron chi connectivity index (χ0n) is 22.8. The molecule has 0 aliphatic heterocycles. The van der Waals surface area contributed by atoms with Crippen LogP contribution in [-0.4, -0.2) is 47.0 Å². The minimum absolute atomic E-state index is 0.0665. The van der Waals surface area contributed by atoms with Crippen LogP contribution in [-0.2, 0) is 23.9 Å². The highest BCUT2D eigenvalue weighted by Gasteiger charge is 2.70. The Morgan fingerprint density at radius 2 is 1.89 bits per heavy atom. The van der Waals surface area contributed by atoms with Crippen molar-refractivity contribution in [1.82, 2.24) is 0 Å². The second kappa shape index (κ2) is 10.3. The van der Waals surface area contributed by atoms with Gasteiger partial charge in [-0.15, -0.1) is 0 Å². The fraction of sp³-hybridized carbons (Fsp3) is 0.897. The summed E-state index contributed by atoms with van der Waals surface area (Å²) in [7, 11) is 1.42. The Morgan fingerprint density at radius 3 is 2.50 bits per heavy atom. The normalized spacial score (nSPS) is 46.8. The standard InChI is InChI=1S/C29H45BrO6/c1-7-18-21-14-17(32)12-13-28(21,4)24-23(26(18)36-16(3)31)20-10-9-19(15(2)8-11-22(33)35-6)29(20,5)27(34)25(24)30/h15,17-21,23-26,32H,7-14H2,1-6H3/t15-,17-,18-,19-,20?,21+,23?,24?,25+,26-,28+,29-/m1/s1. The zero-order valence-corrected chi connectivity index (χ0v) is 24.4. The number of rotatable bonds is 6. The molecule has 4 fully saturated rings. The van der Waals surface area contributed by atoms with Crippen LogP contribution in [0.1, 0.15) is 86.0 Å². The van der Waals surface area contributed by atoms with Crippen LogP contribution in [0.5, 0.6) is 0 Å². The van der Waals surface area contributed by atoms with Crippen LogP contribution >= 0.6 is 15.9 Å². The van der Waals surface area contributed by atoms with E-state index in [9.17, 15) is 19.5 Å².